The molecule has 11 nitrogen and oxygen atoms in total. The monoisotopic (exact) mass is 663 g/mol. The molecule has 3 aromatic rings. The molecule has 6 heterocycles. The lowest BCUT2D eigenvalue weighted by Gasteiger charge is -2.38. The highest BCUT2D eigenvalue weighted by molar-refractivity contribution is 7.91. The number of sulfone groups is 1. The molecule has 0 radical (unpaired) electrons. The lowest BCUT2D eigenvalue weighted by molar-refractivity contribution is -0.137. The molecular formula is C29H32F3N7O4S2. The number of nitrogens with one attached hydrogen (secondary N) is 1. The van der Waals surface area contributed by atoms with E-state index in [9.17, 15) is 26.4 Å². The van der Waals surface area contributed by atoms with E-state index in [1.54, 1.807) is 6.20 Å². The van der Waals surface area contributed by atoms with Crippen LogP contribution in [-0.4, -0.2) is 103 Å². The van der Waals surface area contributed by atoms with Crippen LogP contribution in [0, 0.1) is 0 Å². The number of likely N-dealkylation sites (N-methyl/N-ethyl adjacent to an activating group) is 1. The van der Waals surface area contributed by atoms with E-state index in [1.165, 1.54) is 4.90 Å². The molecule has 1 amide bonds. The number of hydrogen-bond acceptors (Lipinski definition) is 11. The van der Waals surface area contributed by atoms with Gasteiger partial charge in [0.25, 0.3) is 5.91 Å². The molecule has 1 N–H and O–H groups in total. The maximum Gasteiger partial charge on any atom is 0.420 e. The molecule has 3 aliphatic heterocycles. The van der Waals surface area contributed by atoms with Crippen molar-refractivity contribution in [3.63, 3.8) is 0 Å². The highest BCUT2D eigenvalue weighted by Gasteiger charge is 2.41. The molecular weight excluding hydrogens is 631 g/mol. The fourth-order valence-corrected chi connectivity index (χ4v) is 8.78. The summed E-state index contributed by atoms with van der Waals surface area (Å²) in [6.45, 7) is 5.31. The van der Waals surface area contributed by atoms with E-state index in [4.69, 9.17) is 4.74 Å². The minimum atomic E-state index is -4.82. The van der Waals surface area contributed by atoms with Crippen LogP contribution in [0.25, 0.3) is 10.6 Å². The van der Waals surface area contributed by atoms with E-state index >= 15 is 0 Å². The third kappa shape index (κ3) is 5.77. The van der Waals surface area contributed by atoms with Gasteiger partial charge in [0, 0.05) is 38.4 Å². The summed E-state index contributed by atoms with van der Waals surface area (Å²) in [5.41, 5.74) is -0.0226. The van der Waals surface area contributed by atoms with Gasteiger partial charge >= 0.3 is 6.18 Å². The molecule has 0 unspecified atom stereocenters. The number of pyridine rings is 1. The van der Waals surface area contributed by atoms with E-state index < -0.39 is 33.2 Å². The molecule has 2 saturated heterocycles. The number of amides is 1. The van der Waals surface area contributed by atoms with Crippen molar-refractivity contribution in [2.75, 3.05) is 62.4 Å². The maximum atomic E-state index is 14.2. The fraction of sp³-hybridized carbons (Fsp3) is 0.517. The summed E-state index contributed by atoms with van der Waals surface area (Å²) in [5, 5.41) is 3.08. The van der Waals surface area contributed by atoms with Crippen LogP contribution in [-0.2, 0) is 20.8 Å². The van der Waals surface area contributed by atoms with Gasteiger partial charge in [0.05, 0.1) is 52.4 Å². The SMILES string of the molecule is C[C@@H]1CN(c2cc(C3CC3)c(Nc3ncc(C(F)(F)F)c(-c4cc5c(s4)C(=O)N(C4COC4)CCS5(=O)=O)n3)cn2)CCN1C. The Morgan fingerprint density at radius 1 is 1.09 bits per heavy atom. The van der Waals surface area contributed by atoms with Crippen molar-refractivity contribution in [1.82, 2.24) is 24.8 Å². The number of ether oxygens (including phenoxy) is 1. The number of rotatable bonds is 6. The Morgan fingerprint density at radius 3 is 2.53 bits per heavy atom. The third-order valence-corrected chi connectivity index (χ3v) is 11.9. The number of thiophene rings is 1. The van der Waals surface area contributed by atoms with Gasteiger partial charge in [-0.2, -0.15) is 13.2 Å². The molecule has 0 spiro atoms. The third-order valence-electron chi connectivity index (χ3n) is 8.95. The number of fused-ring (bicyclic) bond motifs is 1. The summed E-state index contributed by atoms with van der Waals surface area (Å²) in [6, 6.07) is 3.27. The van der Waals surface area contributed by atoms with Gasteiger partial charge in [0.15, 0.2) is 9.84 Å². The first kappa shape index (κ1) is 30.3. The Bertz CT molecular complexity index is 1760. The van der Waals surface area contributed by atoms with E-state index in [-0.39, 0.29) is 52.2 Å². The van der Waals surface area contributed by atoms with Crippen molar-refractivity contribution in [3.8, 4) is 10.6 Å². The minimum absolute atomic E-state index is 0.00864. The molecule has 3 fully saturated rings. The molecule has 7 rings (SSSR count). The zero-order valence-corrected chi connectivity index (χ0v) is 26.3. The Hall–Kier alpha value is -3.34. The second kappa shape index (κ2) is 11.2. The van der Waals surface area contributed by atoms with Crippen molar-refractivity contribution in [2.24, 2.45) is 0 Å². The van der Waals surface area contributed by atoms with Crippen LogP contribution in [0.4, 0.5) is 30.6 Å². The van der Waals surface area contributed by atoms with Crippen molar-refractivity contribution >= 4 is 44.5 Å². The second-order valence-electron chi connectivity index (χ2n) is 12.1. The average Bonchev–Trinajstić information content (AvgIpc) is 3.72. The molecule has 1 atom stereocenters. The van der Waals surface area contributed by atoms with Gasteiger partial charge in [0.2, 0.25) is 5.95 Å². The largest absolute Gasteiger partial charge is 0.420 e. The lowest BCUT2D eigenvalue weighted by Crippen LogP contribution is -2.52. The van der Waals surface area contributed by atoms with Gasteiger partial charge in [-0.05, 0) is 50.4 Å². The van der Waals surface area contributed by atoms with Crippen LogP contribution in [0.15, 0.2) is 29.4 Å². The summed E-state index contributed by atoms with van der Waals surface area (Å²) in [4.78, 5) is 31.8. The molecule has 240 valence electrons. The Balaban J connectivity index is 1.24. The topological polar surface area (TPSA) is 121 Å². The molecule has 16 heteroatoms. The van der Waals surface area contributed by atoms with E-state index in [0.29, 0.717) is 35.2 Å². The second-order valence-corrected chi connectivity index (χ2v) is 15.2. The van der Waals surface area contributed by atoms with Gasteiger partial charge < -0.3 is 24.8 Å². The first-order valence-corrected chi connectivity index (χ1v) is 17.3. The number of carbonyl (C=O) groups excluding carboxylic acids is 1. The number of nitrogens with zero attached hydrogens (tertiary/aromatic N) is 6. The zero-order valence-electron chi connectivity index (χ0n) is 24.7. The summed E-state index contributed by atoms with van der Waals surface area (Å²) in [5.74, 6) is 0.188. The molecule has 3 aromatic heterocycles. The van der Waals surface area contributed by atoms with Gasteiger partial charge in [-0.3, -0.25) is 4.79 Å². The van der Waals surface area contributed by atoms with Crippen LogP contribution in [0.5, 0.6) is 0 Å². The first-order valence-electron chi connectivity index (χ1n) is 14.8. The number of carbonyl (C=O) groups is 1. The van der Waals surface area contributed by atoms with Crippen molar-refractivity contribution in [2.45, 2.75) is 48.8 Å². The quantitative estimate of drug-likeness (QED) is 0.414. The van der Waals surface area contributed by atoms with E-state index in [2.05, 4.69) is 44.0 Å². The van der Waals surface area contributed by atoms with Crippen molar-refractivity contribution < 1.29 is 31.1 Å². The molecule has 4 aliphatic rings. The minimum Gasteiger partial charge on any atom is -0.377 e. The Kier molecular flexibility index (Phi) is 7.53. The first-order chi connectivity index (χ1) is 21.4. The number of halogens is 3. The Morgan fingerprint density at radius 2 is 1.87 bits per heavy atom. The number of aromatic nitrogens is 3. The fourth-order valence-electron chi connectivity index (χ4n) is 5.87. The van der Waals surface area contributed by atoms with Crippen LogP contribution >= 0.6 is 11.3 Å². The molecule has 0 bridgehead atoms. The number of anilines is 3. The average molecular weight is 664 g/mol. The normalized spacial score (nSPS) is 22.6. The highest BCUT2D eigenvalue weighted by atomic mass is 32.2. The van der Waals surface area contributed by atoms with Crippen LogP contribution in [0.1, 0.15) is 46.5 Å². The summed E-state index contributed by atoms with van der Waals surface area (Å²) in [7, 11) is -1.84. The predicted octanol–water partition coefficient (Wildman–Crippen LogP) is 4.01. The van der Waals surface area contributed by atoms with Gasteiger partial charge in [0.1, 0.15) is 16.3 Å². The summed E-state index contributed by atoms with van der Waals surface area (Å²) < 4.78 is 74.1. The Labute approximate surface area is 262 Å². The van der Waals surface area contributed by atoms with Gasteiger partial charge in [-0.15, -0.1) is 11.3 Å². The van der Waals surface area contributed by atoms with E-state index in [1.807, 2.05) is 6.07 Å². The lowest BCUT2D eigenvalue weighted by atomic mass is 10.1. The van der Waals surface area contributed by atoms with Crippen LogP contribution in [0.3, 0.4) is 0 Å². The molecule has 1 aliphatic carbocycles. The molecule has 1 saturated carbocycles. The predicted molar refractivity (Wildman–Crippen MR) is 162 cm³/mol. The summed E-state index contributed by atoms with van der Waals surface area (Å²) in [6.07, 6.45) is -0.485. The molecule has 45 heavy (non-hydrogen) atoms. The standard InChI is InChI=1S/C29H32F3N7O4S2/c1-16-13-38(6-5-37(16)2)24-9-19(17-3-4-17)21(12-33-24)35-28-34-11-20(29(30,31)32)25(36-28)22-10-23-26(44-22)27(40)39(18-14-43-15-18)7-8-45(23,41)42/h9-12,16-18H,3-8,13-15H2,1-2H3,(H,34,35,36)/t16-/m1/s1. The molecule has 0 aromatic carbocycles. The number of piperazine rings is 1. The number of alkyl halides is 3. The highest BCUT2D eigenvalue weighted by Crippen LogP contribution is 2.46. The van der Waals surface area contributed by atoms with E-state index in [0.717, 1.165) is 49.9 Å². The van der Waals surface area contributed by atoms with Crippen molar-refractivity contribution in [1.29, 1.82) is 0 Å². The van der Waals surface area contributed by atoms with Gasteiger partial charge in [-0.1, -0.05) is 0 Å². The van der Waals surface area contributed by atoms with Gasteiger partial charge in [-0.25, -0.2) is 23.4 Å². The van der Waals surface area contributed by atoms with Crippen LogP contribution in [0.2, 0.25) is 0 Å². The summed E-state index contributed by atoms with van der Waals surface area (Å²) >= 11 is 0.699. The van der Waals surface area contributed by atoms with Crippen molar-refractivity contribution in [3.05, 3.63) is 40.5 Å². The number of hydrogen-bond donors (Lipinski definition) is 1. The zero-order chi connectivity index (χ0) is 31.7. The smallest absolute Gasteiger partial charge is 0.377 e. The maximum absolute atomic E-state index is 14.2. The van der Waals surface area contributed by atoms with Crippen LogP contribution < -0.4 is 10.2 Å².